The number of benzene rings is 2. The normalized spacial score (nSPS) is 35.2. The second-order valence-electron chi connectivity index (χ2n) is 17.8. The minimum atomic E-state index is -4.83. The summed E-state index contributed by atoms with van der Waals surface area (Å²) in [5.41, 5.74) is 1.60. The molecule has 0 bridgehead atoms. The third-order valence-electron chi connectivity index (χ3n) is 12.6. The molecule has 6 aliphatic rings. The van der Waals surface area contributed by atoms with Crippen molar-refractivity contribution in [3.8, 4) is 0 Å². The van der Waals surface area contributed by atoms with Gasteiger partial charge in [-0.15, -0.1) is 0 Å². The van der Waals surface area contributed by atoms with Crippen LogP contribution in [0.1, 0.15) is 31.1 Å². The van der Waals surface area contributed by atoms with E-state index in [0.717, 1.165) is 11.1 Å². The van der Waals surface area contributed by atoms with Gasteiger partial charge in [0.15, 0.2) is 12.6 Å². The summed E-state index contributed by atoms with van der Waals surface area (Å²) in [6, 6.07) is 16.7. The van der Waals surface area contributed by atoms with E-state index in [-0.39, 0.29) is 122 Å². The number of nitrogens with one attached hydrogen (secondary N) is 3. The molecule has 0 spiro atoms. The number of aliphatic hydroxyl groups excluding tert-OH is 11. The first-order valence-corrected chi connectivity index (χ1v) is 27.1. The van der Waals surface area contributed by atoms with Crippen molar-refractivity contribution in [2.75, 3.05) is 79.0 Å². The standard InChI is InChI=1S/C16H23NO9S.C11H12O6S.C9H19NO9S.C5H11NO3.CH4.Ac.H2O/c18-8-11-15(20)12(19)6-17(11)7-13-14(26-27(21,22)23)9-24-16(25-13)10-4-2-1-3-5-10;12-18(13)15-7-9-10(17-18)6-14-11(16-9)8-4-2-1-3-5-8;11-3-5-9(15)7(14)2-10(5)1-6(13)8(4-12)19-20(16,17)18;7-2-3-5(9)4(8)1-6-3;;;/h1-5,11-16,18-20H,6-9H2,(H,21,22,23);1-5,9-11H,6-7H2;5-9,11-15H,1-4H2,(H,16,17,18);3-9H,1-2H2;1H4;;1H2/p+2/t11-,12-,13-,14+,15-,16?;9-,10?,11?;5-,6-,7-,8+,9-;3-,4-,5-;;;/m0000.../s1. The number of rotatable bonds is 15. The van der Waals surface area contributed by atoms with E-state index in [2.05, 4.69) is 17.9 Å². The monoisotopic (exact) mass is 1390 g/mol. The van der Waals surface area contributed by atoms with Crippen molar-refractivity contribution < 1.29 is 186 Å². The Balaban J connectivity index is 0.000000365. The van der Waals surface area contributed by atoms with E-state index in [4.69, 9.17) is 57.8 Å². The second-order valence-corrected chi connectivity index (χ2v) is 21.1. The molecule has 443 valence electrons. The molecular formula is C42H73AcN3O28S3+2. The van der Waals surface area contributed by atoms with Gasteiger partial charge in [-0.2, -0.15) is 25.3 Å². The molecular weight excluding hydrogens is 1320 g/mol. The van der Waals surface area contributed by atoms with Crippen molar-refractivity contribution in [1.29, 1.82) is 0 Å². The number of aliphatic hydroxyl groups is 11. The molecule has 5 unspecified atom stereocenters. The molecule has 6 aliphatic heterocycles. The Bertz CT molecular complexity index is 2330. The zero-order chi connectivity index (χ0) is 54.5. The number of fused-ring (bicyclic) bond motifs is 1. The fraction of sp³-hybridized carbons (Fsp3) is 0.714. The Morgan fingerprint density at radius 3 is 1.68 bits per heavy atom. The Morgan fingerprint density at radius 1 is 0.688 bits per heavy atom. The third kappa shape index (κ3) is 21.8. The van der Waals surface area contributed by atoms with E-state index >= 15 is 0 Å². The molecule has 2 aromatic rings. The van der Waals surface area contributed by atoms with Gasteiger partial charge in [-0.05, 0) is 0 Å². The van der Waals surface area contributed by atoms with Gasteiger partial charge >= 0.3 is 31.2 Å². The van der Waals surface area contributed by atoms with Crippen LogP contribution in [0.5, 0.6) is 0 Å². The molecule has 8 rings (SSSR count). The molecule has 0 aromatic heterocycles. The smallest absolute Gasteiger partial charge is 0.400 e. The van der Waals surface area contributed by atoms with Crippen LogP contribution in [-0.4, -0.2) is 266 Å². The van der Waals surface area contributed by atoms with Crippen LogP contribution in [0.3, 0.4) is 0 Å². The molecule has 31 nitrogen and oxygen atoms in total. The average molecular weight is 1390 g/mol. The van der Waals surface area contributed by atoms with Crippen molar-refractivity contribution in [2.24, 2.45) is 0 Å². The first kappa shape index (κ1) is 71.8. The quantitative estimate of drug-likeness (QED) is 0.0736. The van der Waals surface area contributed by atoms with Crippen molar-refractivity contribution in [3.63, 3.8) is 0 Å². The number of hydrogen-bond donors (Lipinski definition) is 16. The minimum Gasteiger partial charge on any atom is -0.412 e. The zero-order valence-electron chi connectivity index (χ0n) is 40.4. The first-order valence-electron chi connectivity index (χ1n) is 23.0. The maximum absolute atomic E-state index is 11.2. The van der Waals surface area contributed by atoms with Gasteiger partial charge in [-0.25, -0.2) is 16.7 Å². The summed E-state index contributed by atoms with van der Waals surface area (Å²) in [5, 5.41) is 105. The van der Waals surface area contributed by atoms with Crippen LogP contribution in [0, 0.1) is 44.1 Å². The van der Waals surface area contributed by atoms with Crippen LogP contribution < -0.4 is 15.1 Å². The maximum Gasteiger partial charge on any atom is 0.400 e. The van der Waals surface area contributed by atoms with Crippen LogP contribution in [-0.2, 0) is 66.9 Å². The van der Waals surface area contributed by atoms with Gasteiger partial charge < -0.3 is 95.7 Å². The molecule has 1 radical (unpaired) electrons. The van der Waals surface area contributed by atoms with Gasteiger partial charge in [-0.1, -0.05) is 68.1 Å². The van der Waals surface area contributed by atoms with Crippen molar-refractivity contribution in [1.82, 2.24) is 5.32 Å². The number of β-amino-alcohol motifs (C(OH)–C–C–N with tert-alkyl or cyclic N) is 1. The van der Waals surface area contributed by atoms with Crippen LogP contribution in [0.25, 0.3) is 0 Å². The molecule has 19 atom stereocenters. The predicted molar refractivity (Wildman–Crippen MR) is 254 cm³/mol. The minimum absolute atomic E-state index is 0. The Kier molecular flexibility index (Phi) is 30.9. The number of quaternary nitrogens is 2. The van der Waals surface area contributed by atoms with Gasteiger partial charge in [-0.3, -0.25) is 9.11 Å². The zero-order valence-corrected chi connectivity index (χ0v) is 47.6. The molecule has 2 aromatic carbocycles. The molecule has 35 heteroatoms. The second kappa shape index (κ2) is 33.1. The predicted octanol–water partition coefficient (Wildman–Crippen LogP) is -9.98. The van der Waals surface area contributed by atoms with E-state index in [0.29, 0.717) is 16.3 Å². The van der Waals surface area contributed by atoms with Crippen molar-refractivity contribution in [2.45, 2.75) is 111 Å². The molecule has 6 heterocycles. The maximum atomic E-state index is 11.2. The Labute approximate surface area is 480 Å². The van der Waals surface area contributed by atoms with Gasteiger partial charge in [0.2, 0.25) is 0 Å². The number of hydrogen-bond acceptors (Lipinski definition) is 26. The van der Waals surface area contributed by atoms with E-state index in [1.54, 1.807) is 24.3 Å². The molecule has 77 heavy (non-hydrogen) atoms. The molecule has 6 saturated heterocycles. The summed E-state index contributed by atoms with van der Waals surface area (Å²) in [4.78, 5) is 1.07. The van der Waals surface area contributed by atoms with Gasteiger partial charge in [0.1, 0.15) is 99.3 Å². The summed E-state index contributed by atoms with van der Waals surface area (Å²) in [6.45, 7) is -1.32. The SMILES string of the molecule is C.O.O=S(=O)(O)O[C@@H]1COC(c2ccccc2)O[C@H]1C[NH+]1C[C@H](O)[C@@H](O)[C@@H]1CO.O=S(=O)(O)O[C@H](CO)[C@@H](O)C[NH+]1C[C@H](O)[C@@H](O)[C@@H]1CO.O=S1(=O)OC[C@@H]2OC(c3ccccc3)OCC2O1.OC[C@@H]1NC[C@H](O)[C@H]1O.[Ac]. The molecule has 0 aliphatic carbocycles. The first-order chi connectivity index (χ1) is 34.9. The van der Waals surface area contributed by atoms with Gasteiger partial charge in [0.25, 0.3) is 0 Å². The largest absolute Gasteiger partial charge is 0.412 e. The average Bonchev–Trinajstić information content (AvgIpc) is 3.94. The van der Waals surface area contributed by atoms with Crippen LogP contribution in [0.15, 0.2) is 60.7 Å². The summed E-state index contributed by atoms with van der Waals surface area (Å²) in [6.07, 6.45) is -13.2. The molecule has 6 fully saturated rings. The Hall–Kier alpha value is -1.27. The summed E-state index contributed by atoms with van der Waals surface area (Å²) in [7, 11) is -13.5. The van der Waals surface area contributed by atoms with E-state index < -0.39 is 142 Å². The van der Waals surface area contributed by atoms with Crippen molar-refractivity contribution in [3.05, 3.63) is 71.8 Å². The van der Waals surface area contributed by atoms with Crippen molar-refractivity contribution >= 4 is 31.2 Å². The summed E-state index contributed by atoms with van der Waals surface area (Å²) < 4.78 is 124. The van der Waals surface area contributed by atoms with Crippen LogP contribution in [0.4, 0.5) is 0 Å². The third-order valence-corrected chi connectivity index (χ3v) is 14.5. The molecule has 18 N–H and O–H groups in total. The number of likely N-dealkylation sites (tertiary alicyclic amines) is 2. The van der Waals surface area contributed by atoms with Gasteiger partial charge in [0.05, 0.1) is 64.5 Å². The van der Waals surface area contributed by atoms with E-state index in [9.17, 15) is 55.9 Å². The summed E-state index contributed by atoms with van der Waals surface area (Å²) in [5.74, 6) is 0. The van der Waals surface area contributed by atoms with Gasteiger partial charge in [0, 0.05) is 61.7 Å². The van der Waals surface area contributed by atoms with E-state index in [1.165, 1.54) is 0 Å². The van der Waals surface area contributed by atoms with Crippen LogP contribution >= 0.6 is 0 Å². The fourth-order valence-corrected chi connectivity index (χ4v) is 10.6. The molecule has 0 saturated carbocycles. The topological polar surface area (TPSA) is 492 Å². The summed E-state index contributed by atoms with van der Waals surface area (Å²) >= 11 is 0. The molecule has 0 amide bonds. The van der Waals surface area contributed by atoms with E-state index in [1.807, 2.05) is 36.4 Å². The Morgan fingerprint density at radius 2 is 1.21 bits per heavy atom. The fourth-order valence-electron chi connectivity index (χ4n) is 8.74. The van der Waals surface area contributed by atoms with Crippen LogP contribution in [0.2, 0.25) is 0 Å². The number of ether oxygens (including phenoxy) is 4.